The average molecular weight is 333 g/mol. The molecule has 1 saturated heterocycles. The maximum atomic E-state index is 10.7. The minimum atomic E-state index is -0.737. The Morgan fingerprint density at radius 3 is 2.52 bits per heavy atom. The van der Waals surface area contributed by atoms with Crippen molar-refractivity contribution in [2.75, 3.05) is 26.7 Å². The molecule has 1 aromatic rings. The lowest BCUT2D eigenvalue weighted by molar-refractivity contribution is -0.138. The summed E-state index contributed by atoms with van der Waals surface area (Å²) < 4.78 is 0. The molecule has 0 aliphatic carbocycles. The fourth-order valence-electron chi connectivity index (χ4n) is 2.94. The Kier molecular flexibility index (Phi) is 7.13. The van der Waals surface area contributed by atoms with Gasteiger partial charge in [0.2, 0.25) is 0 Å². The van der Waals surface area contributed by atoms with Crippen molar-refractivity contribution >= 4 is 29.7 Å². The molecular formula is C15H25ClN2O2S. The van der Waals surface area contributed by atoms with E-state index < -0.39 is 5.97 Å². The van der Waals surface area contributed by atoms with Crippen LogP contribution in [0.25, 0.3) is 0 Å². The number of nitrogens with zero attached hydrogens (tertiary/aromatic N) is 2. The fraction of sp³-hybridized carbons (Fsp3) is 0.667. The van der Waals surface area contributed by atoms with Crippen LogP contribution in [0, 0.1) is 13.8 Å². The second kappa shape index (κ2) is 8.13. The van der Waals surface area contributed by atoms with Gasteiger partial charge in [0.15, 0.2) is 0 Å². The minimum Gasteiger partial charge on any atom is -0.480 e. The van der Waals surface area contributed by atoms with Crippen LogP contribution in [0.5, 0.6) is 0 Å². The van der Waals surface area contributed by atoms with Gasteiger partial charge in [-0.25, -0.2) is 0 Å². The van der Waals surface area contributed by atoms with Crippen LogP contribution in [0.3, 0.4) is 0 Å². The second-order valence-electron chi connectivity index (χ2n) is 5.75. The molecule has 120 valence electrons. The highest BCUT2D eigenvalue weighted by Gasteiger charge is 2.23. The molecule has 21 heavy (non-hydrogen) atoms. The van der Waals surface area contributed by atoms with E-state index >= 15 is 0 Å². The van der Waals surface area contributed by atoms with Crippen molar-refractivity contribution in [3.63, 3.8) is 0 Å². The molecule has 0 unspecified atom stereocenters. The Balaban J connectivity index is 0.00000220. The topological polar surface area (TPSA) is 43.8 Å². The highest BCUT2D eigenvalue weighted by Crippen LogP contribution is 2.24. The molecule has 0 amide bonds. The van der Waals surface area contributed by atoms with Crippen molar-refractivity contribution in [2.45, 2.75) is 39.3 Å². The number of carboxylic acid groups (broad SMARTS) is 1. The van der Waals surface area contributed by atoms with Crippen LogP contribution in [0.4, 0.5) is 0 Å². The van der Waals surface area contributed by atoms with Gasteiger partial charge in [0.25, 0.3) is 0 Å². The number of aliphatic carboxylic acids is 1. The van der Waals surface area contributed by atoms with Gasteiger partial charge in [-0.1, -0.05) is 0 Å². The van der Waals surface area contributed by atoms with Crippen LogP contribution in [0.2, 0.25) is 0 Å². The molecule has 0 bridgehead atoms. The molecule has 1 N–H and O–H groups in total. The van der Waals surface area contributed by atoms with Gasteiger partial charge in [0, 0.05) is 22.3 Å². The van der Waals surface area contributed by atoms with Crippen molar-refractivity contribution in [1.82, 2.24) is 9.80 Å². The van der Waals surface area contributed by atoms with E-state index in [0.717, 1.165) is 32.5 Å². The predicted molar refractivity (Wildman–Crippen MR) is 89.6 cm³/mol. The third kappa shape index (κ3) is 5.25. The average Bonchev–Trinajstić information content (AvgIpc) is 2.68. The zero-order chi connectivity index (χ0) is 14.7. The smallest absolute Gasteiger partial charge is 0.317 e. The third-order valence-corrected chi connectivity index (χ3v) is 5.11. The Hall–Kier alpha value is -0.620. The first kappa shape index (κ1) is 18.4. The Morgan fingerprint density at radius 2 is 2.05 bits per heavy atom. The molecule has 2 heterocycles. The summed E-state index contributed by atoms with van der Waals surface area (Å²) in [5.41, 5.74) is 1.45. The lowest BCUT2D eigenvalue weighted by Gasteiger charge is -2.36. The first-order chi connectivity index (χ1) is 9.45. The summed E-state index contributed by atoms with van der Waals surface area (Å²) >= 11 is 1.87. The highest BCUT2D eigenvalue weighted by atomic mass is 35.5. The lowest BCUT2D eigenvalue weighted by Crippen LogP contribution is -2.44. The first-order valence-corrected chi connectivity index (χ1v) is 7.97. The largest absolute Gasteiger partial charge is 0.480 e. The summed E-state index contributed by atoms with van der Waals surface area (Å²) in [5.74, 6) is -0.737. The number of likely N-dealkylation sites (tertiary alicyclic amines) is 1. The Labute approximate surface area is 137 Å². The summed E-state index contributed by atoms with van der Waals surface area (Å²) in [7, 11) is 1.92. The molecule has 0 radical (unpaired) electrons. The zero-order valence-electron chi connectivity index (χ0n) is 13.0. The van der Waals surface area contributed by atoms with Gasteiger partial charge in [0.1, 0.15) is 0 Å². The molecule has 4 nitrogen and oxygen atoms in total. The summed E-state index contributed by atoms with van der Waals surface area (Å²) in [4.78, 5) is 18.0. The summed E-state index contributed by atoms with van der Waals surface area (Å²) in [5, 5.41) is 8.84. The normalized spacial score (nSPS) is 17.0. The van der Waals surface area contributed by atoms with Crippen molar-refractivity contribution < 1.29 is 9.90 Å². The molecule has 1 fully saturated rings. The summed E-state index contributed by atoms with van der Waals surface area (Å²) in [6, 6.07) is 2.70. The van der Waals surface area contributed by atoms with E-state index in [1.807, 2.05) is 23.3 Å². The van der Waals surface area contributed by atoms with Gasteiger partial charge in [-0.3, -0.25) is 14.6 Å². The number of carbonyl (C=O) groups is 1. The number of piperidine rings is 1. The second-order valence-corrected chi connectivity index (χ2v) is 7.22. The molecule has 1 aliphatic heterocycles. The van der Waals surface area contributed by atoms with E-state index in [0.29, 0.717) is 6.04 Å². The van der Waals surface area contributed by atoms with Crippen molar-refractivity contribution in [1.29, 1.82) is 0 Å². The number of aryl methyl sites for hydroxylation is 2. The molecular weight excluding hydrogens is 308 g/mol. The van der Waals surface area contributed by atoms with Crippen LogP contribution in [0.15, 0.2) is 6.07 Å². The number of carboxylic acids is 1. The maximum absolute atomic E-state index is 10.7. The molecule has 0 spiro atoms. The van der Waals surface area contributed by atoms with E-state index in [1.54, 1.807) is 0 Å². The number of hydrogen-bond acceptors (Lipinski definition) is 4. The number of thiophene rings is 1. The van der Waals surface area contributed by atoms with E-state index in [-0.39, 0.29) is 19.0 Å². The number of rotatable bonds is 5. The zero-order valence-corrected chi connectivity index (χ0v) is 14.6. The van der Waals surface area contributed by atoms with Crippen molar-refractivity contribution in [3.05, 3.63) is 21.4 Å². The van der Waals surface area contributed by atoms with Crippen LogP contribution in [-0.4, -0.2) is 53.6 Å². The van der Waals surface area contributed by atoms with E-state index in [9.17, 15) is 4.79 Å². The molecule has 0 saturated carbocycles. The van der Waals surface area contributed by atoms with Crippen LogP contribution < -0.4 is 0 Å². The van der Waals surface area contributed by atoms with Crippen molar-refractivity contribution in [2.24, 2.45) is 0 Å². The van der Waals surface area contributed by atoms with E-state index in [2.05, 4.69) is 24.8 Å². The molecule has 1 aliphatic rings. The van der Waals surface area contributed by atoms with Gasteiger partial charge < -0.3 is 5.11 Å². The molecule has 0 atom stereocenters. The molecule has 2 rings (SSSR count). The standard InChI is InChI=1S/C15H24N2O2S.ClH/c1-11-8-13(12(2)20-11)9-17-6-4-14(5-7-17)16(3)10-15(18)19;/h8,14H,4-7,9-10H2,1-3H3,(H,18,19);1H. The molecule has 1 aromatic heterocycles. The summed E-state index contributed by atoms with van der Waals surface area (Å²) in [6.45, 7) is 7.65. The van der Waals surface area contributed by atoms with Gasteiger partial charge in [-0.15, -0.1) is 23.7 Å². The number of hydrogen-bond donors (Lipinski definition) is 1. The highest BCUT2D eigenvalue weighted by molar-refractivity contribution is 7.12. The van der Waals surface area contributed by atoms with E-state index in [1.165, 1.54) is 15.3 Å². The first-order valence-electron chi connectivity index (χ1n) is 7.16. The quantitative estimate of drug-likeness (QED) is 0.900. The Morgan fingerprint density at radius 1 is 1.43 bits per heavy atom. The lowest BCUT2D eigenvalue weighted by atomic mass is 10.0. The van der Waals surface area contributed by atoms with Crippen LogP contribution in [-0.2, 0) is 11.3 Å². The number of likely N-dealkylation sites (N-methyl/N-ethyl adjacent to an activating group) is 1. The van der Waals surface area contributed by atoms with Gasteiger partial charge in [-0.2, -0.15) is 0 Å². The SMILES string of the molecule is Cc1cc(CN2CCC(N(C)CC(=O)O)CC2)c(C)s1.Cl. The van der Waals surface area contributed by atoms with Crippen molar-refractivity contribution in [3.8, 4) is 0 Å². The molecule has 0 aromatic carbocycles. The monoisotopic (exact) mass is 332 g/mol. The van der Waals surface area contributed by atoms with Gasteiger partial charge in [-0.05, 0) is 58.5 Å². The molecule has 6 heteroatoms. The van der Waals surface area contributed by atoms with E-state index in [4.69, 9.17) is 5.11 Å². The predicted octanol–water partition coefficient (Wildman–Crippen LogP) is 2.77. The fourth-order valence-corrected chi connectivity index (χ4v) is 3.88. The van der Waals surface area contributed by atoms with Gasteiger partial charge >= 0.3 is 5.97 Å². The Bertz CT molecular complexity index is 470. The summed E-state index contributed by atoms with van der Waals surface area (Å²) in [6.07, 6.45) is 2.12. The van der Waals surface area contributed by atoms with Crippen LogP contribution in [0.1, 0.15) is 28.2 Å². The number of halogens is 1. The third-order valence-electron chi connectivity index (χ3n) is 4.10. The van der Waals surface area contributed by atoms with Crippen LogP contribution >= 0.6 is 23.7 Å². The minimum absolute atomic E-state index is 0. The maximum Gasteiger partial charge on any atom is 0.317 e. The van der Waals surface area contributed by atoms with Gasteiger partial charge in [0.05, 0.1) is 6.54 Å².